The van der Waals surface area contributed by atoms with Gasteiger partial charge in [0.15, 0.2) is 11.5 Å². The third-order valence-corrected chi connectivity index (χ3v) is 4.99. The van der Waals surface area contributed by atoms with E-state index in [1.165, 1.54) is 5.56 Å². The van der Waals surface area contributed by atoms with Gasteiger partial charge in [0.05, 0.1) is 18.1 Å². The van der Waals surface area contributed by atoms with Crippen LogP contribution >= 0.6 is 0 Å². The molecule has 0 aliphatic carbocycles. The van der Waals surface area contributed by atoms with Gasteiger partial charge in [0.25, 0.3) is 5.91 Å². The molecule has 0 aliphatic rings. The van der Waals surface area contributed by atoms with E-state index in [1.54, 1.807) is 16.9 Å². The Bertz CT molecular complexity index is 1190. The summed E-state index contributed by atoms with van der Waals surface area (Å²) >= 11 is 0. The zero-order valence-corrected chi connectivity index (χ0v) is 17.9. The first kappa shape index (κ1) is 19.8. The Balaban J connectivity index is 1.54. The molecule has 0 fully saturated rings. The Morgan fingerprint density at radius 3 is 2.47 bits per heavy atom. The predicted octanol–water partition coefficient (Wildman–Crippen LogP) is 4.79. The summed E-state index contributed by atoms with van der Waals surface area (Å²) in [5.74, 6) is 1.49. The largest absolute Gasteiger partial charge is 0.340 e. The Labute approximate surface area is 175 Å². The van der Waals surface area contributed by atoms with E-state index in [0.29, 0.717) is 22.9 Å². The first-order valence-corrected chi connectivity index (χ1v) is 10.0. The van der Waals surface area contributed by atoms with Gasteiger partial charge in [0, 0.05) is 11.5 Å². The van der Waals surface area contributed by atoms with Crippen molar-refractivity contribution in [2.45, 2.75) is 46.0 Å². The number of fused-ring (bicyclic) bond motifs is 1. The third kappa shape index (κ3) is 3.96. The molecule has 0 unspecified atom stereocenters. The maximum absolute atomic E-state index is 12.6. The van der Waals surface area contributed by atoms with Crippen LogP contribution in [-0.4, -0.2) is 30.5 Å². The smallest absolute Gasteiger partial charge is 0.256 e. The lowest BCUT2D eigenvalue weighted by atomic mass is 9.87. The molecule has 7 nitrogen and oxygen atoms in total. The zero-order chi connectivity index (χ0) is 21.5. The Hall–Kier alpha value is -3.48. The zero-order valence-electron chi connectivity index (χ0n) is 17.9. The summed E-state index contributed by atoms with van der Waals surface area (Å²) in [5, 5.41) is 7.44. The minimum Gasteiger partial charge on any atom is -0.340 e. The highest BCUT2D eigenvalue weighted by Crippen LogP contribution is 2.23. The second-order valence-corrected chi connectivity index (χ2v) is 8.77. The average Bonchev–Trinajstić information content (AvgIpc) is 3.33. The van der Waals surface area contributed by atoms with E-state index in [2.05, 4.69) is 60.0 Å². The molecule has 30 heavy (non-hydrogen) atoms. The highest BCUT2D eigenvalue weighted by Gasteiger charge is 2.15. The molecular weight excluding hydrogens is 376 g/mol. The van der Waals surface area contributed by atoms with Crippen molar-refractivity contribution in [1.29, 1.82) is 0 Å². The molecule has 2 N–H and O–H groups in total. The molecule has 0 aliphatic heterocycles. The number of imidazole rings is 2. The van der Waals surface area contributed by atoms with Crippen LogP contribution in [0.3, 0.4) is 0 Å². The highest BCUT2D eigenvalue weighted by molar-refractivity contribution is 6.03. The number of benzene rings is 1. The number of H-pyrrole nitrogens is 1. The summed E-state index contributed by atoms with van der Waals surface area (Å²) in [4.78, 5) is 24.7. The first-order chi connectivity index (χ1) is 14.2. The lowest BCUT2D eigenvalue weighted by molar-refractivity contribution is 0.102. The van der Waals surface area contributed by atoms with Gasteiger partial charge in [-0.25, -0.2) is 14.5 Å². The number of hydrogen-bond acceptors (Lipinski definition) is 4. The molecule has 0 spiro atoms. The number of hydrogen-bond donors (Lipinski definition) is 2. The van der Waals surface area contributed by atoms with Gasteiger partial charge in [-0.3, -0.25) is 4.79 Å². The van der Waals surface area contributed by atoms with Crippen LogP contribution in [0.4, 0.5) is 5.82 Å². The van der Waals surface area contributed by atoms with Crippen LogP contribution < -0.4 is 5.32 Å². The Kier molecular flexibility index (Phi) is 4.89. The molecule has 3 aromatic heterocycles. The molecule has 154 valence electrons. The molecule has 3 heterocycles. The number of nitrogens with zero attached hydrogens (tertiary/aromatic N) is 4. The molecule has 4 aromatic rings. The van der Waals surface area contributed by atoms with E-state index >= 15 is 0 Å². The number of aromatic amines is 1. The maximum atomic E-state index is 12.6. The molecule has 1 amide bonds. The van der Waals surface area contributed by atoms with Gasteiger partial charge in [-0.2, -0.15) is 5.10 Å². The fraction of sp³-hybridized carbons (Fsp3) is 0.304. The van der Waals surface area contributed by atoms with E-state index in [9.17, 15) is 4.79 Å². The van der Waals surface area contributed by atoms with Gasteiger partial charge in [-0.15, -0.1) is 0 Å². The van der Waals surface area contributed by atoms with Crippen LogP contribution in [0, 0.1) is 0 Å². The van der Waals surface area contributed by atoms with Crippen LogP contribution in [0.2, 0.25) is 0 Å². The summed E-state index contributed by atoms with van der Waals surface area (Å²) in [6.45, 7) is 10.6. The minimum atomic E-state index is -0.200. The number of amides is 1. The number of anilines is 1. The van der Waals surface area contributed by atoms with Gasteiger partial charge in [-0.05, 0) is 35.2 Å². The Morgan fingerprint density at radius 1 is 1.10 bits per heavy atom. The summed E-state index contributed by atoms with van der Waals surface area (Å²) in [7, 11) is 0. The van der Waals surface area contributed by atoms with Gasteiger partial charge in [0.2, 0.25) is 0 Å². The van der Waals surface area contributed by atoms with E-state index in [4.69, 9.17) is 0 Å². The van der Waals surface area contributed by atoms with E-state index in [-0.39, 0.29) is 11.3 Å². The van der Waals surface area contributed by atoms with Gasteiger partial charge >= 0.3 is 0 Å². The average molecular weight is 403 g/mol. The Morgan fingerprint density at radius 2 is 1.83 bits per heavy atom. The molecule has 0 saturated carbocycles. The summed E-state index contributed by atoms with van der Waals surface area (Å²) in [6.07, 6.45) is 3.49. The van der Waals surface area contributed by atoms with Gasteiger partial charge < -0.3 is 10.3 Å². The van der Waals surface area contributed by atoms with Crippen molar-refractivity contribution in [3.05, 3.63) is 65.7 Å². The van der Waals surface area contributed by atoms with Crippen LogP contribution in [0.5, 0.6) is 0 Å². The second-order valence-electron chi connectivity index (χ2n) is 8.77. The van der Waals surface area contributed by atoms with Crippen molar-refractivity contribution in [3.63, 3.8) is 0 Å². The van der Waals surface area contributed by atoms with Crippen molar-refractivity contribution >= 4 is 17.4 Å². The SMILES string of the molecule is CC(C)c1ncc(-c2ccc3nc(NC(=O)c4ccc(C(C)(C)C)cc4)cn3n2)[nH]1. The first-order valence-electron chi connectivity index (χ1n) is 10.0. The minimum absolute atomic E-state index is 0.0462. The lowest BCUT2D eigenvalue weighted by Gasteiger charge is -2.18. The summed E-state index contributed by atoms with van der Waals surface area (Å²) in [5.41, 5.74) is 4.08. The third-order valence-electron chi connectivity index (χ3n) is 4.99. The molecule has 1 aromatic carbocycles. The van der Waals surface area contributed by atoms with E-state index in [1.807, 2.05) is 36.4 Å². The quantitative estimate of drug-likeness (QED) is 0.514. The van der Waals surface area contributed by atoms with Crippen molar-refractivity contribution in [3.8, 4) is 11.4 Å². The monoisotopic (exact) mass is 402 g/mol. The van der Waals surface area contributed by atoms with Crippen molar-refractivity contribution in [2.24, 2.45) is 0 Å². The molecule has 0 radical (unpaired) electrons. The van der Waals surface area contributed by atoms with Crippen molar-refractivity contribution < 1.29 is 4.79 Å². The number of rotatable bonds is 4. The van der Waals surface area contributed by atoms with E-state index in [0.717, 1.165) is 17.2 Å². The highest BCUT2D eigenvalue weighted by atomic mass is 16.1. The van der Waals surface area contributed by atoms with E-state index < -0.39 is 0 Å². The van der Waals surface area contributed by atoms with Crippen LogP contribution in [0.15, 0.2) is 48.8 Å². The van der Waals surface area contributed by atoms with Gasteiger partial charge in [0.1, 0.15) is 11.5 Å². The van der Waals surface area contributed by atoms with Crippen LogP contribution in [0.1, 0.15) is 62.3 Å². The molecular formula is C23H26N6O. The summed E-state index contributed by atoms with van der Waals surface area (Å²) in [6, 6.07) is 11.4. The van der Waals surface area contributed by atoms with Crippen molar-refractivity contribution in [2.75, 3.05) is 5.32 Å². The standard InChI is InChI=1S/C23H26N6O/c1-14(2)21-24-12-18(25-21)17-10-11-20-26-19(13-29(20)28-17)27-22(30)15-6-8-16(9-7-15)23(3,4)5/h6-14H,1-5H3,(H,24,25)(H,27,30). The fourth-order valence-corrected chi connectivity index (χ4v) is 3.16. The maximum Gasteiger partial charge on any atom is 0.256 e. The van der Waals surface area contributed by atoms with Gasteiger partial charge in [-0.1, -0.05) is 46.8 Å². The molecule has 0 saturated heterocycles. The normalized spacial score (nSPS) is 11.9. The molecule has 4 rings (SSSR count). The number of nitrogens with one attached hydrogen (secondary N) is 2. The lowest BCUT2D eigenvalue weighted by Crippen LogP contribution is -2.14. The predicted molar refractivity (Wildman–Crippen MR) is 118 cm³/mol. The topological polar surface area (TPSA) is 88.0 Å². The van der Waals surface area contributed by atoms with Crippen molar-refractivity contribution in [1.82, 2.24) is 24.6 Å². The number of carbonyl (C=O) groups is 1. The molecule has 0 atom stereocenters. The summed E-state index contributed by atoms with van der Waals surface area (Å²) < 4.78 is 1.66. The van der Waals surface area contributed by atoms with Crippen LogP contribution in [-0.2, 0) is 5.41 Å². The number of aromatic nitrogens is 5. The molecule has 7 heteroatoms. The van der Waals surface area contributed by atoms with Crippen LogP contribution in [0.25, 0.3) is 17.0 Å². The second kappa shape index (κ2) is 7.40. The fourth-order valence-electron chi connectivity index (χ4n) is 3.16. The number of carbonyl (C=O) groups excluding carboxylic acids is 1. The molecule has 0 bridgehead atoms.